The number of halogens is 2. The standard InChI is InChI=1S/C19H30BrN3OS.HI/c1-3-21-19(23-12-10-16(14-23)15-24-2)22-11-6-7-13-25-18-9-5-4-8-17(18)20;/h4-5,8-9,16H,3,6-7,10-15H2,1-2H3,(H,21,22);1H. The number of thioether (sulfide) groups is 1. The van der Waals surface area contributed by atoms with Crippen LogP contribution in [0.4, 0.5) is 0 Å². The first-order valence-corrected chi connectivity index (χ1v) is 10.9. The topological polar surface area (TPSA) is 36.9 Å². The summed E-state index contributed by atoms with van der Waals surface area (Å²) in [4.78, 5) is 8.52. The summed E-state index contributed by atoms with van der Waals surface area (Å²) in [6, 6.07) is 8.41. The summed E-state index contributed by atoms with van der Waals surface area (Å²) in [7, 11) is 1.79. The first-order valence-electron chi connectivity index (χ1n) is 9.14. The molecule has 4 nitrogen and oxygen atoms in total. The number of hydrogen-bond donors (Lipinski definition) is 1. The highest BCUT2D eigenvalue weighted by Gasteiger charge is 2.24. The van der Waals surface area contributed by atoms with E-state index >= 15 is 0 Å². The molecule has 1 aromatic rings. The van der Waals surface area contributed by atoms with E-state index in [0.717, 1.165) is 50.9 Å². The summed E-state index contributed by atoms with van der Waals surface area (Å²) >= 11 is 5.52. The quantitative estimate of drug-likeness (QED) is 0.155. The van der Waals surface area contributed by atoms with Gasteiger partial charge in [0.1, 0.15) is 0 Å². The van der Waals surface area contributed by atoms with Gasteiger partial charge in [-0.15, -0.1) is 35.7 Å². The SMILES string of the molecule is CCNC(=NCCCCSc1ccccc1Br)N1CCC(COC)C1.I. The maximum atomic E-state index is 5.29. The van der Waals surface area contributed by atoms with E-state index in [1.165, 1.54) is 22.2 Å². The van der Waals surface area contributed by atoms with Crippen LogP contribution in [0, 0.1) is 5.92 Å². The molecule has 0 saturated carbocycles. The van der Waals surface area contributed by atoms with Crippen LogP contribution in [0.1, 0.15) is 26.2 Å². The lowest BCUT2D eigenvalue weighted by atomic mass is 10.1. The number of benzene rings is 1. The highest BCUT2D eigenvalue weighted by atomic mass is 127. The molecule has 1 unspecified atom stereocenters. The summed E-state index contributed by atoms with van der Waals surface area (Å²) in [5.41, 5.74) is 0. The van der Waals surface area contributed by atoms with Crippen molar-refractivity contribution >= 4 is 57.6 Å². The molecule has 0 bridgehead atoms. The summed E-state index contributed by atoms with van der Waals surface area (Å²) in [5, 5.41) is 3.44. The minimum absolute atomic E-state index is 0. The highest BCUT2D eigenvalue weighted by Crippen LogP contribution is 2.27. The van der Waals surface area contributed by atoms with Crippen LogP contribution in [-0.2, 0) is 4.74 Å². The third-order valence-corrected chi connectivity index (χ3v) is 6.34. The lowest BCUT2D eigenvalue weighted by molar-refractivity contribution is 0.157. The number of nitrogens with one attached hydrogen (secondary N) is 1. The first kappa shape index (κ1) is 24.0. The molecule has 0 aromatic heterocycles. The molecule has 1 aliphatic rings. The van der Waals surface area contributed by atoms with E-state index in [0.29, 0.717) is 5.92 Å². The van der Waals surface area contributed by atoms with Gasteiger partial charge in [0.05, 0.1) is 6.61 Å². The predicted molar refractivity (Wildman–Crippen MR) is 127 cm³/mol. The number of unbranched alkanes of at least 4 members (excludes halogenated alkanes) is 1. The van der Waals surface area contributed by atoms with Crippen LogP contribution in [0.2, 0.25) is 0 Å². The van der Waals surface area contributed by atoms with E-state index in [2.05, 4.69) is 57.3 Å². The summed E-state index contributed by atoms with van der Waals surface area (Å²) < 4.78 is 6.48. The van der Waals surface area contributed by atoms with Gasteiger partial charge < -0.3 is 15.0 Å². The van der Waals surface area contributed by atoms with Gasteiger partial charge in [0.2, 0.25) is 0 Å². The number of nitrogens with zero attached hydrogens (tertiary/aromatic N) is 2. The van der Waals surface area contributed by atoms with Gasteiger partial charge in [0.25, 0.3) is 0 Å². The van der Waals surface area contributed by atoms with Crippen molar-refractivity contribution in [3.63, 3.8) is 0 Å². The minimum atomic E-state index is 0. The van der Waals surface area contributed by atoms with Crippen LogP contribution >= 0.6 is 51.7 Å². The van der Waals surface area contributed by atoms with E-state index in [4.69, 9.17) is 9.73 Å². The molecule has 1 saturated heterocycles. The van der Waals surface area contributed by atoms with Crippen LogP contribution < -0.4 is 5.32 Å². The van der Waals surface area contributed by atoms with Crippen LogP contribution in [0.25, 0.3) is 0 Å². The Balaban J connectivity index is 0.00000338. The molecule has 148 valence electrons. The largest absolute Gasteiger partial charge is 0.384 e. The van der Waals surface area contributed by atoms with Crippen LogP contribution in [0.5, 0.6) is 0 Å². The normalized spacial score (nSPS) is 17.3. The van der Waals surface area contributed by atoms with E-state index < -0.39 is 0 Å². The lowest BCUT2D eigenvalue weighted by Gasteiger charge is -2.21. The summed E-state index contributed by atoms with van der Waals surface area (Å²) in [6.45, 7) is 6.93. The smallest absolute Gasteiger partial charge is 0.193 e. The molecule has 0 aliphatic carbocycles. The molecule has 26 heavy (non-hydrogen) atoms. The molecule has 7 heteroatoms. The van der Waals surface area contributed by atoms with Crippen LogP contribution in [0.3, 0.4) is 0 Å². The Kier molecular flexibility index (Phi) is 13.0. The fourth-order valence-electron chi connectivity index (χ4n) is 2.97. The molecule has 1 fully saturated rings. The maximum absolute atomic E-state index is 5.29. The van der Waals surface area contributed by atoms with Crippen molar-refractivity contribution in [2.24, 2.45) is 10.9 Å². The molecule has 1 N–H and O–H groups in total. The maximum Gasteiger partial charge on any atom is 0.193 e. The van der Waals surface area contributed by atoms with Crippen molar-refractivity contribution in [1.29, 1.82) is 0 Å². The van der Waals surface area contributed by atoms with Gasteiger partial charge in [-0.25, -0.2) is 0 Å². The van der Waals surface area contributed by atoms with Crippen molar-refractivity contribution in [3.05, 3.63) is 28.7 Å². The van der Waals surface area contributed by atoms with Gasteiger partial charge >= 0.3 is 0 Å². The molecule has 0 radical (unpaired) electrons. The third kappa shape index (κ3) is 8.35. The fraction of sp³-hybridized carbons (Fsp3) is 0.632. The van der Waals surface area contributed by atoms with Crippen molar-refractivity contribution in [2.75, 3.05) is 45.6 Å². The molecule has 2 rings (SSSR count). The molecule has 0 spiro atoms. The van der Waals surface area contributed by atoms with Crippen LogP contribution in [0.15, 0.2) is 38.6 Å². The van der Waals surface area contributed by atoms with Crippen molar-refractivity contribution in [2.45, 2.75) is 31.1 Å². The average molecular weight is 556 g/mol. The number of hydrogen-bond acceptors (Lipinski definition) is 3. The van der Waals surface area contributed by atoms with E-state index in [1.807, 2.05) is 11.8 Å². The second kappa shape index (κ2) is 14.1. The number of aliphatic imine (C=N–C) groups is 1. The molecular weight excluding hydrogens is 525 g/mol. The Bertz CT molecular complexity index is 547. The van der Waals surface area contributed by atoms with Gasteiger partial charge in [-0.3, -0.25) is 4.99 Å². The molecule has 1 aliphatic heterocycles. The van der Waals surface area contributed by atoms with E-state index in [1.54, 1.807) is 7.11 Å². The first-order chi connectivity index (χ1) is 12.2. The third-order valence-electron chi connectivity index (χ3n) is 4.23. The second-order valence-corrected chi connectivity index (χ2v) is 8.27. The average Bonchev–Trinajstić information content (AvgIpc) is 3.07. The zero-order valence-corrected chi connectivity index (χ0v) is 20.5. The Labute approximate surface area is 188 Å². The Morgan fingerprint density at radius 3 is 2.92 bits per heavy atom. The molecule has 1 heterocycles. The van der Waals surface area contributed by atoms with Crippen molar-refractivity contribution < 1.29 is 4.74 Å². The molecule has 1 aromatic carbocycles. The zero-order valence-electron chi connectivity index (χ0n) is 15.7. The number of likely N-dealkylation sites (tertiary alicyclic amines) is 1. The number of guanidine groups is 1. The predicted octanol–water partition coefficient (Wildman–Crippen LogP) is 4.87. The van der Waals surface area contributed by atoms with Crippen molar-refractivity contribution in [3.8, 4) is 0 Å². The zero-order chi connectivity index (χ0) is 17.9. The molecule has 1 atom stereocenters. The number of rotatable bonds is 9. The summed E-state index contributed by atoms with van der Waals surface area (Å²) in [6.07, 6.45) is 3.50. The fourth-order valence-corrected chi connectivity index (χ4v) is 4.54. The van der Waals surface area contributed by atoms with Gasteiger partial charge in [-0.2, -0.15) is 0 Å². The molecule has 0 amide bonds. The van der Waals surface area contributed by atoms with Gasteiger partial charge in [0.15, 0.2) is 5.96 Å². The molecular formula is C19H31BrIN3OS. The summed E-state index contributed by atoms with van der Waals surface area (Å²) in [5.74, 6) is 2.84. The monoisotopic (exact) mass is 555 g/mol. The van der Waals surface area contributed by atoms with Gasteiger partial charge in [0, 0.05) is 48.6 Å². The lowest BCUT2D eigenvalue weighted by Crippen LogP contribution is -2.40. The highest BCUT2D eigenvalue weighted by molar-refractivity contribution is 14.0. The van der Waals surface area contributed by atoms with E-state index in [-0.39, 0.29) is 24.0 Å². The Morgan fingerprint density at radius 1 is 1.38 bits per heavy atom. The van der Waals surface area contributed by atoms with Gasteiger partial charge in [-0.05, 0) is 60.0 Å². The second-order valence-electron chi connectivity index (χ2n) is 6.28. The number of methoxy groups -OCH3 is 1. The van der Waals surface area contributed by atoms with E-state index in [9.17, 15) is 0 Å². The number of ether oxygens (including phenoxy) is 1. The Hall–Kier alpha value is 0.01000. The van der Waals surface area contributed by atoms with Crippen LogP contribution in [-0.4, -0.2) is 56.5 Å². The van der Waals surface area contributed by atoms with Crippen molar-refractivity contribution in [1.82, 2.24) is 10.2 Å². The minimum Gasteiger partial charge on any atom is -0.384 e. The Morgan fingerprint density at radius 2 is 2.19 bits per heavy atom. The van der Waals surface area contributed by atoms with Gasteiger partial charge in [-0.1, -0.05) is 12.1 Å².